The molecule has 0 spiro atoms. The van der Waals surface area contributed by atoms with Crippen LogP contribution in [0.25, 0.3) is 10.8 Å². The Morgan fingerprint density at radius 1 is 0.963 bits per heavy atom. The zero-order valence-corrected chi connectivity index (χ0v) is 16.9. The van der Waals surface area contributed by atoms with E-state index in [2.05, 4.69) is 53.2 Å². The molecular formula is C23H17ClOS2. The molecule has 1 heterocycles. The number of carbonyl (C=O) groups excluding carboxylic acids is 1. The SMILES string of the molecule is O=C(CC(Sc1ccc2ccccc2c1)c1ccsc1)c1ccc(Cl)cc1. The Morgan fingerprint density at radius 2 is 1.74 bits per heavy atom. The third-order valence-corrected chi connectivity index (χ3v) is 6.65. The number of halogens is 1. The summed E-state index contributed by atoms with van der Waals surface area (Å²) in [5, 5.41) is 7.37. The number of carbonyl (C=O) groups is 1. The van der Waals surface area contributed by atoms with Crippen LogP contribution in [0.3, 0.4) is 0 Å². The summed E-state index contributed by atoms with van der Waals surface area (Å²) in [6.45, 7) is 0. The molecule has 0 saturated carbocycles. The summed E-state index contributed by atoms with van der Waals surface area (Å²) in [5.74, 6) is 0.135. The number of thiophene rings is 1. The smallest absolute Gasteiger partial charge is 0.164 e. The fraction of sp³-hybridized carbons (Fsp3) is 0.0870. The molecule has 0 saturated heterocycles. The molecular weight excluding hydrogens is 392 g/mol. The number of thioether (sulfide) groups is 1. The van der Waals surface area contributed by atoms with Crippen LogP contribution in [0.15, 0.2) is 88.5 Å². The van der Waals surface area contributed by atoms with E-state index in [-0.39, 0.29) is 11.0 Å². The van der Waals surface area contributed by atoms with Crippen LogP contribution >= 0.6 is 34.7 Å². The van der Waals surface area contributed by atoms with Gasteiger partial charge in [0.15, 0.2) is 5.78 Å². The van der Waals surface area contributed by atoms with Gasteiger partial charge in [-0.25, -0.2) is 0 Å². The lowest BCUT2D eigenvalue weighted by Crippen LogP contribution is -2.04. The fourth-order valence-electron chi connectivity index (χ4n) is 3.01. The third kappa shape index (κ3) is 4.44. The molecule has 1 unspecified atom stereocenters. The maximum absolute atomic E-state index is 12.8. The van der Waals surface area contributed by atoms with Crippen molar-refractivity contribution < 1.29 is 4.79 Å². The number of hydrogen-bond acceptors (Lipinski definition) is 3. The van der Waals surface area contributed by atoms with Gasteiger partial charge in [-0.3, -0.25) is 4.79 Å². The van der Waals surface area contributed by atoms with Crippen molar-refractivity contribution in [3.8, 4) is 0 Å². The Morgan fingerprint density at radius 3 is 2.48 bits per heavy atom. The predicted molar refractivity (Wildman–Crippen MR) is 117 cm³/mol. The highest BCUT2D eigenvalue weighted by Crippen LogP contribution is 2.40. The molecule has 0 amide bonds. The van der Waals surface area contributed by atoms with Gasteiger partial charge in [-0.15, -0.1) is 11.8 Å². The molecule has 4 rings (SSSR count). The van der Waals surface area contributed by atoms with Gasteiger partial charge in [0.2, 0.25) is 0 Å². The standard InChI is InChI=1S/C23H17ClOS2/c24-20-8-5-17(6-9-20)22(25)14-23(19-11-12-26-15-19)27-21-10-7-16-3-1-2-4-18(16)13-21/h1-13,15,23H,14H2. The van der Waals surface area contributed by atoms with E-state index < -0.39 is 0 Å². The van der Waals surface area contributed by atoms with Crippen molar-refractivity contribution in [2.24, 2.45) is 0 Å². The Hall–Kier alpha value is -2.07. The van der Waals surface area contributed by atoms with Gasteiger partial charge in [-0.1, -0.05) is 41.9 Å². The molecule has 0 N–H and O–H groups in total. The average Bonchev–Trinajstić information content (AvgIpc) is 3.22. The van der Waals surface area contributed by atoms with Crippen molar-refractivity contribution in [3.05, 3.63) is 99.7 Å². The van der Waals surface area contributed by atoms with Gasteiger partial charge in [-0.05, 0) is 69.6 Å². The minimum atomic E-state index is 0.0839. The Labute approximate surface area is 172 Å². The molecule has 0 aliphatic carbocycles. The summed E-state index contributed by atoms with van der Waals surface area (Å²) < 4.78 is 0. The number of fused-ring (bicyclic) bond motifs is 1. The average molecular weight is 409 g/mol. The quantitative estimate of drug-likeness (QED) is 0.240. The monoisotopic (exact) mass is 408 g/mol. The molecule has 1 nitrogen and oxygen atoms in total. The molecule has 0 fully saturated rings. The van der Waals surface area contributed by atoms with Crippen LogP contribution in [-0.2, 0) is 0 Å². The second-order valence-electron chi connectivity index (χ2n) is 6.31. The molecule has 4 heteroatoms. The van der Waals surface area contributed by atoms with Crippen molar-refractivity contribution >= 4 is 51.3 Å². The van der Waals surface area contributed by atoms with Crippen molar-refractivity contribution in [3.63, 3.8) is 0 Å². The molecule has 134 valence electrons. The summed E-state index contributed by atoms with van der Waals surface area (Å²) in [6.07, 6.45) is 0.454. The number of hydrogen-bond donors (Lipinski definition) is 0. The highest BCUT2D eigenvalue weighted by Gasteiger charge is 2.19. The lowest BCUT2D eigenvalue weighted by molar-refractivity contribution is 0.0982. The van der Waals surface area contributed by atoms with E-state index in [1.54, 1.807) is 47.4 Å². The minimum Gasteiger partial charge on any atom is -0.294 e. The van der Waals surface area contributed by atoms with Crippen molar-refractivity contribution in [2.45, 2.75) is 16.6 Å². The second-order valence-corrected chi connectivity index (χ2v) is 8.80. The summed E-state index contributed by atoms with van der Waals surface area (Å²) in [7, 11) is 0. The Balaban J connectivity index is 1.59. The van der Waals surface area contributed by atoms with Crippen LogP contribution < -0.4 is 0 Å². The molecule has 27 heavy (non-hydrogen) atoms. The Bertz CT molecular complexity index is 1060. The van der Waals surface area contributed by atoms with Crippen LogP contribution in [0.5, 0.6) is 0 Å². The minimum absolute atomic E-state index is 0.0839. The lowest BCUT2D eigenvalue weighted by Gasteiger charge is -2.15. The van der Waals surface area contributed by atoms with Crippen LogP contribution in [0.4, 0.5) is 0 Å². The molecule has 0 radical (unpaired) electrons. The molecule has 3 aromatic carbocycles. The number of benzene rings is 3. The van der Waals surface area contributed by atoms with E-state index in [0.29, 0.717) is 17.0 Å². The van der Waals surface area contributed by atoms with Crippen molar-refractivity contribution in [1.29, 1.82) is 0 Å². The van der Waals surface area contributed by atoms with Crippen molar-refractivity contribution in [2.75, 3.05) is 0 Å². The van der Waals surface area contributed by atoms with E-state index in [9.17, 15) is 4.79 Å². The van der Waals surface area contributed by atoms with Gasteiger partial charge in [0.1, 0.15) is 0 Å². The first-order chi connectivity index (χ1) is 13.2. The lowest BCUT2D eigenvalue weighted by atomic mass is 10.0. The number of Topliss-reactive ketones (excluding diaryl/α,β-unsaturated/α-hetero) is 1. The third-order valence-electron chi connectivity index (χ3n) is 4.45. The zero-order valence-electron chi connectivity index (χ0n) is 14.5. The van der Waals surface area contributed by atoms with Gasteiger partial charge in [0, 0.05) is 27.2 Å². The molecule has 0 bridgehead atoms. The van der Waals surface area contributed by atoms with Crippen LogP contribution in [-0.4, -0.2) is 5.78 Å². The molecule has 1 atom stereocenters. The van der Waals surface area contributed by atoms with E-state index >= 15 is 0 Å². The molecule has 0 aliphatic heterocycles. The Kier molecular flexibility index (Phi) is 5.63. The topological polar surface area (TPSA) is 17.1 Å². The van der Waals surface area contributed by atoms with E-state index in [4.69, 9.17) is 11.6 Å². The maximum atomic E-state index is 12.8. The predicted octanol–water partition coefficient (Wildman–Crippen LogP) is 7.66. The normalized spacial score (nSPS) is 12.2. The summed E-state index contributed by atoms with van der Waals surface area (Å²) >= 11 is 9.36. The zero-order chi connectivity index (χ0) is 18.6. The van der Waals surface area contributed by atoms with E-state index in [0.717, 1.165) is 0 Å². The van der Waals surface area contributed by atoms with Crippen LogP contribution in [0, 0.1) is 0 Å². The van der Waals surface area contributed by atoms with E-state index in [1.807, 2.05) is 6.07 Å². The van der Waals surface area contributed by atoms with Gasteiger partial charge in [0.05, 0.1) is 0 Å². The van der Waals surface area contributed by atoms with Gasteiger partial charge in [0.25, 0.3) is 0 Å². The van der Waals surface area contributed by atoms with Gasteiger partial charge in [-0.2, -0.15) is 11.3 Å². The number of rotatable bonds is 6. The summed E-state index contributed by atoms with van der Waals surface area (Å²) in [6, 6.07) is 24.1. The summed E-state index contributed by atoms with van der Waals surface area (Å²) in [5.41, 5.74) is 1.90. The van der Waals surface area contributed by atoms with E-state index in [1.165, 1.54) is 21.2 Å². The van der Waals surface area contributed by atoms with Gasteiger partial charge < -0.3 is 0 Å². The van der Waals surface area contributed by atoms with Crippen LogP contribution in [0.1, 0.15) is 27.6 Å². The van der Waals surface area contributed by atoms with Gasteiger partial charge >= 0.3 is 0 Å². The highest BCUT2D eigenvalue weighted by molar-refractivity contribution is 7.99. The molecule has 4 aromatic rings. The highest BCUT2D eigenvalue weighted by atomic mass is 35.5. The largest absolute Gasteiger partial charge is 0.294 e. The first-order valence-corrected chi connectivity index (χ1v) is 10.9. The molecule has 1 aromatic heterocycles. The fourth-order valence-corrected chi connectivity index (χ4v) is 5.13. The van der Waals surface area contributed by atoms with Crippen molar-refractivity contribution in [1.82, 2.24) is 0 Å². The first kappa shape index (κ1) is 18.3. The number of ketones is 1. The summed E-state index contributed by atoms with van der Waals surface area (Å²) in [4.78, 5) is 14.0. The first-order valence-electron chi connectivity index (χ1n) is 8.65. The maximum Gasteiger partial charge on any atom is 0.164 e. The molecule has 0 aliphatic rings. The second kappa shape index (κ2) is 8.30. The van der Waals surface area contributed by atoms with Crippen LogP contribution in [0.2, 0.25) is 5.02 Å².